The minimum atomic E-state index is -0.542. The first kappa shape index (κ1) is 29.9. The van der Waals surface area contributed by atoms with E-state index in [0.717, 1.165) is 55.8 Å². The second kappa shape index (κ2) is 13.3. The number of nitrogens with zero attached hydrogens (tertiary/aromatic N) is 3. The van der Waals surface area contributed by atoms with Gasteiger partial charge in [-0.1, -0.05) is 30.3 Å². The van der Waals surface area contributed by atoms with E-state index in [1.165, 1.54) is 6.07 Å². The Bertz CT molecular complexity index is 1510. The summed E-state index contributed by atoms with van der Waals surface area (Å²) in [6.07, 6.45) is 1.49. The Morgan fingerprint density at radius 3 is 2.36 bits per heavy atom. The zero-order chi connectivity index (χ0) is 30.6. The van der Waals surface area contributed by atoms with Crippen molar-refractivity contribution in [2.45, 2.75) is 38.6 Å². The summed E-state index contributed by atoms with van der Waals surface area (Å²) in [4.78, 5) is 34.0. The molecule has 232 valence electrons. The van der Waals surface area contributed by atoms with Crippen LogP contribution in [0.2, 0.25) is 0 Å². The molecule has 6 rings (SSSR count). The van der Waals surface area contributed by atoms with Crippen molar-refractivity contribution in [3.8, 4) is 11.5 Å². The third-order valence-electron chi connectivity index (χ3n) is 8.98. The monoisotopic (exact) mass is 600 g/mol. The molecule has 44 heavy (non-hydrogen) atoms. The lowest BCUT2D eigenvalue weighted by molar-refractivity contribution is -0.124. The molecule has 3 aliphatic heterocycles. The third kappa shape index (κ3) is 5.85. The predicted octanol–water partition coefficient (Wildman–Crippen LogP) is 4.79. The number of rotatable bonds is 10. The van der Waals surface area contributed by atoms with Crippen molar-refractivity contribution in [1.82, 2.24) is 15.1 Å². The molecule has 1 N–H and O–H groups in total. The van der Waals surface area contributed by atoms with Crippen LogP contribution in [0.3, 0.4) is 0 Å². The van der Waals surface area contributed by atoms with Crippen LogP contribution in [-0.4, -0.2) is 80.6 Å². The Hall–Kier alpha value is -4.11. The second-order valence-electron chi connectivity index (χ2n) is 11.5. The smallest absolute Gasteiger partial charge is 0.254 e. The minimum Gasteiger partial charge on any atom is -0.490 e. The normalized spacial score (nSPS) is 19.6. The first-order chi connectivity index (χ1) is 21.5. The molecule has 0 radical (unpaired) electrons. The van der Waals surface area contributed by atoms with Gasteiger partial charge in [0.15, 0.2) is 11.5 Å². The van der Waals surface area contributed by atoms with Crippen LogP contribution in [0.15, 0.2) is 60.7 Å². The van der Waals surface area contributed by atoms with E-state index in [2.05, 4.69) is 15.1 Å². The van der Waals surface area contributed by atoms with Crippen molar-refractivity contribution in [3.63, 3.8) is 0 Å². The molecule has 2 amide bonds. The molecule has 9 heteroatoms. The van der Waals surface area contributed by atoms with E-state index < -0.39 is 12.0 Å². The summed E-state index contributed by atoms with van der Waals surface area (Å²) in [6.45, 7) is 10.0. The van der Waals surface area contributed by atoms with Gasteiger partial charge >= 0.3 is 0 Å². The van der Waals surface area contributed by atoms with Gasteiger partial charge < -0.3 is 24.6 Å². The number of piperazine rings is 1. The van der Waals surface area contributed by atoms with Crippen LogP contribution in [0.5, 0.6) is 11.5 Å². The van der Waals surface area contributed by atoms with Gasteiger partial charge in [-0.25, -0.2) is 4.39 Å². The SMILES string of the molecule is CCOc1cc2c(cc1OCC)[C@H]1[C@@H](C(=O)NCCCN3CCN(c4ccccc4F)CC3)c3ccccc3C(=O)N1CC2. The number of carbonyl (C=O) groups is 2. The molecule has 0 saturated carbocycles. The first-order valence-corrected chi connectivity index (χ1v) is 15.8. The van der Waals surface area contributed by atoms with Gasteiger partial charge in [0.25, 0.3) is 5.91 Å². The number of hydrogen-bond donors (Lipinski definition) is 1. The maximum atomic E-state index is 14.2. The number of nitrogens with one attached hydrogen (secondary N) is 1. The van der Waals surface area contributed by atoms with E-state index in [1.54, 1.807) is 6.07 Å². The van der Waals surface area contributed by atoms with E-state index in [9.17, 15) is 14.0 Å². The number of benzene rings is 3. The van der Waals surface area contributed by atoms with E-state index >= 15 is 0 Å². The summed E-state index contributed by atoms with van der Waals surface area (Å²) in [5, 5.41) is 3.21. The van der Waals surface area contributed by atoms with Gasteiger partial charge in [-0.05, 0) is 80.3 Å². The quantitative estimate of drug-likeness (QED) is 0.338. The lowest BCUT2D eigenvalue weighted by atomic mass is 9.75. The number of para-hydroxylation sites is 1. The molecule has 1 fully saturated rings. The minimum absolute atomic E-state index is 0.0401. The summed E-state index contributed by atoms with van der Waals surface area (Å²) < 4.78 is 26.1. The summed E-state index contributed by atoms with van der Waals surface area (Å²) in [5.41, 5.74) is 4.04. The largest absolute Gasteiger partial charge is 0.490 e. The molecule has 2 atom stereocenters. The lowest BCUT2D eigenvalue weighted by Crippen LogP contribution is -2.50. The number of amides is 2. The van der Waals surface area contributed by atoms with Crippen molar-refractivity contribution in [3.05, 3.63) is 88.7 Å². The van der Waals surface area contributed by atoms with Gasteiger partial charge in [0.05, 0.1) is 30.9 Å². The highest BCUT2D eigenvalue weighted by Crippen LogP contribution is 2.48. The fourth-order valence-corrected chi connectivity index (χ4v) is 6.90. The van der Waals surface area contributed by atoms with Gasteiger partial charge in [-0.3, -0.25) is 14.5 Å². The van der Waals surface area contributed by atoms with Crippen LogP contribution in [-0.2, 0) is 11.2 Å². The van der Waals surface area contributed by atoms with Crippen molar-refractivity contribution in [1.29, 1.82) is 0 Å². The topological polar surface area (TPSA) is 74.4 Å². The molecular formula is C35H41FN4O4. The molecular weight excluding hydrogens is 559 g/mol. The maximum absolute atomic E-state index is 14.2. The Labute approximate surface area is 258 Å². The Morgan fingerprint density at radius 2 is 1.61 bits per heavy atom. The number of carbonyl (C=O) groups excluding carboxylic acids is 2. The first-order valence-electron chi connectivity index (χ1n) is 15.8. The number of anilines is 1. The molecule has 0 bridgehead atoms. The molecule has 8 nitrogen and oxygen atoms in total. The second-order valence-corrected chi connectivity index (χ2v) is 11.5. The zero-order valence-corrected chi connectivity index (χ0v) is 25.6. The van der Waals surface area contributed by atoms with Gasteiger partial charge in [0, 0.05) is 44.8 Å². The molecule has 3 heterocycles. The van der Waals surface area contributed by atoms with E-state index in [4.69, 9.17) is 9.47 Å². The number of halogens is 1. The highest BCUT2D eigenvalue weighted by Gasteiger charge is 2.46. The highest BCUT2D eigenvalue weighted by molar-refractivity contribution is 6.01. The van der Waals surface area contributed by atoms with Crippen molar-refractivity contribution >= 4 is 17.5 Å². The molecule has 0 aromatic heterocycles. The zero-order valence-electron chi connectivity index (χ0n) is 25.6. The average molecular weight is 601 g/mol. The Balaban J connectivity index is 1.16. The molecule has 3 aliphatic rings. The standard InChI is InChI=1S/C35H41FN4O4/c1-3-43-30-22-24-14-17-40-33(27(24)23-31(30)44-4-2)32(25-10-5-6-11-26(25)35(40)42)34(41)37-15-9-16-38-18-20-39(21-19-38)29-13-8-7-12-28(29)36/h5-8,10-13,22-23,32-33H,3-4,9,14-21H2,1-2H3,(H,37,41)/t32-,33-/m0/s1. The van der Waals surface area contributed by atoms with Crippen LogP contribution in [0.1, 0.15) is 59.3 Å². The summed E-state index contributed by atoms with van der Waals surface area (Å²) >= 11 is 0. The molecule has 1 saturated heterocycles. The van der Waals surface area contributed by atoms with E-state index in [0.29, 0.717) is 55.5 Å². The van der Waals surface area contributed by atoms with Crippen LogP contribution in [0.4, 0.5) is 10.1 Å². The number of ether oxygens (including phenoxy) is 2. The molecule has 3 aromatic rings. The van der Waals surface area contributed by atoms with Crippen LogP contribution in [0.25, 0.3) is 0 Å². The lowest BCUT2D eigenvalue weighted by Gasteiger charge is -2.45. The van der Waals surface area contributed by atoms with Gasteiger partial charge in [0.2, 0.25) is 5.91 Å². The fourth-order valence-electron chi connectivity index (χ4n) is 6.90. The van der Waals surface area contributed by atoms with Crippen LogP contribution < -0.4 is 19.7 Å². The summed E-state index contributed by atoms with van der Waals surface area (Å²) in [7, 11) is 0. The van der Waals surface area contributed by atoms with Crippen molar-refractivity contribution in [2.24, 2.45) is 0 Å². The number of fused-ring (bicyclic) bond motifs is 4. The van der Waals surface area contributed by atoms with Gasteiger partial charge in [-0.2, -0.15) is 0 Å². The molecule has 0 spiro atoms. The van der Waals surface area contributed by atoms with E-state index in [-0.39, 0.29) is 17.6 Å². The predicted molar refractivity (Wildman–Crippen MR) is 168 cm³/mol. The maximum Gasteiger partial charge on any atom is 0.254 e. The average Bonchev–Trinajstić information content (AvgIpc) is 3.04. The summed E-state index contributed by atoms with van der Waals surface area (Å²) in [6, 6.07) is 18.0. The van der Waals surface area contributed by atoms with Crippen LogP contribution in [0, 0.1) is 5.82 Å². The Morgan fingerprint density at radius 1 is 0.909 bits per heavy atom. The number of hydrogen-bond acceptors (Lipinski definition) is 6. The van der Waals surface area contributed by atoms with Gasteiger partial charge in [-0.15, -0.1) is 0 Å². The molecule has 3 aromatic carbocycles. The van der Waals surface area contributed by atoms with Crippen molar-refractivity contribution < 1.29 is 23.5 Å². The molecule has 0 unspecified atom stereocenters. The van der Waals surface area contributed by atoms with E-state index in [1.807, 2.05) is 67.3 Å². The van der Waals surface area contributed by atoms with Gasteiger partial charge in [0.1, 0.15) is 5.82 Å². The molecule has 0 aliphatic carbocycles. The Kier molecular flexibility index (Phi) is 9.02. The highest BCUT2D eigenvalue weighted by atomic mass is 19.1. The van der Waals surface area contributed by atoms with Crippen molar-refractivity contribution in [2.75, 3.05) is 63.9 Å². The summed E-state index contributed by atoms with van der Waals surface area (Å²) in [5.74, 6) is 0.485. The van der Waals surface area contributed by atoms with Crippen LogP contribution >= 0.6 is 0 Å². The third-order valence-corrected chi connectivity index (χ3v) is 8.98. The fraction of sp³-hybridized carbons (Fsp3) is 0.429.